The van der Waals surface area contributed by atoms with Gasteiger partial charge in [-0.25, -0.2) is 8.42 Å². The minimum absolute atomic E-state index is 0.364. The molecule has 0 spiro atoms. The van der Waals surface area contributed by atoms with Gasteiger partial charge in [-0.15, -0.1) is 11.3 Å². The van der Waals surface area contributed by atoms with Gasteiger partial charge in [0.25, 0.3) is 0 Å². The Bertz CT molecular complexity index is 754. The van der Waals surface area contributed by atoms with Gasteiger partial charge in [0.2, 0.25) is 10.0 Å². The maximum absolute atomic E-state index is 11.2. The molecule has 0 unspecified atom stereocenters. The van der Waals surface area contributed by atoms with E-state index in [0.717, 1.165) is 11.9 Å². The summed E-state index contributed by atoms with van der Waals surface area (Å²) in [4.78, 5) is 2.58. The number of sulfonamides is 1. The lowest BCUT2D eigenvalue weighted by Gasteiger charge is -2.10. The van der Waals surface area contributed by atoms with Crippen LogP contribution in [0.4, 0.5) is 11.4 Å². The number of hydrogen-bond donors (Lipinski definition) is 2. The molecule has 4 nitrogen and oxygen atoms in total. The minimum atomic E-state index is -3.32. The number of aryl methyl sites for hydroxylation is 2. The van der Waals surface area contributed by atoms with Crippen molar-refractivity contribution in [2.45, 2.75) is 20.4 Å². The molecule has 2 rings (SSSR count). The first kappa shape index (κ1) is 16.1. The van der Waals surface area contributed by atoms with E-state index in [4.69, 9.17) is 11.6 Å². The van der Waals surface area contributed by atoms with E-state index in [-0.39, 0.29) is 0 Å². The van der Waals surface area contributed by atoms with Gasteiger partial charge in [0.05, 0.1) is 17.0 Å². The zero-order chi connectivity index (χ0) is 15.6. The van der Waals surface area contributed by atoms with E-state index in [1.165, 1.54) is 15.3 Å². The molecule has 1 heterocycles. The lowest BCUT2D eigenvalue weighted by molar-refractivity contribution is 0.607. The molecular weight excluding hydrogens is 328 g/mol. The third-order valence-corrected chi connectivity index (χ3v) is 4.80. The Morgan fingerprint density at radius 3 is 2.48 bits per heavy atom. The van der Waals surface area contributed by atoms with Crippen LogP contribution in [0.1, 0.15) is 15.3 Å². The molecule has 0 aliphatic heterocycles. The molecular formula is C14H17ClN2O2S2. The van der Waals surface area contributed by atoms with Crippen molar-refractivity contribution in [3.8, 4) is 0 Å². The normalized spacial score (nSPS) is 11.4. The van der Waals surface area contributed by atoms with Gasteiger partial charge in [-0.3, -0.25) is 4.72 Å². The van der Waals surface area contributed by atoms with Crippen molar-refractivity contribution < 1.29 is 8.42 Å². The Labute approximate surface area is 134 Å². The summed E-state index contributed by atoms with van der Waals surface area (Å²) >= 11 is 7.86. The molecule has 1 aromatic heterocycles. The average Bonchev–Trinajstić information content (AvgIpc) is 2.67. The topological polar surface area (TPSA) is 58.2 Å². The summed E-state index contributed by atoms with van der Waals surface area (Å²) in [6.07, 6.45) is 1.09. The largest absolute Gasteiger partial charge is 0.381 e. The molecule has 0 aliphatic carbocycles. The average molecular weight is 345 g/mol. The summed E-state index contributed by atoms with van der Waals surface area (Å²) in [5.41, 5.74) is 2.49. The predicted octanol–water partition coefficient (Wildman–Crippen LogP) is 4.00. The molecule has 114 valence electrons. The molecule has 0 saturated carbocycles. The summed E-state index contributed by atoms with van der Waals surface area (Å²) in [7, 11) is -3.32. The molecule has 0 radical (unpaired) electrons. The second-order valence-electron chi connectivity index (χ2n) is 4.86. The second-order valence-corrected chi connectivity index (χ2v) is 8.48. The van der Waals surface area contributed by atoms with Crippen LogP contribution in [0.15, 0.2) is 24.3 Å². The number of hydrogen-bond acceptors (Lipinski definition) is 4. The van der Waals surface area contributed by atoms with Crippen LogP contribution in [0.5, 0.6) is 0 Å². The predicted molar refractivity (Wildman–Crippen MR) is 91.0 cm³/mol. The summed E-state index contributed by atoms with van der Waals surface area (Å²) < 4.78 is 24.8. The van der Waals surface area contributed by atoms with Crippen molar-refractivity contribution in [2.24, 2.45) is 0 Å². The maximum atomic E-state index is 11.2. The fourth-order valence-corrected chi connectivity index (χ4v) is 3.77. The lowest BCUT2D eigenvalue weighted by Crippen LogP contribution is -2.10. The number of anilines is 2. The molecule has 0 aliphatic rings. The van der Waals surface area contributed by atoms with Gasteiger partial charge in [-0.2, -0.15) is 0 Å². The number of rotatable bonds is 5. The standard InChI is InChI=1S/C14H17ClN2O2S2/c1-9-6-11(10(2)20-9)8-16-12-4-5-14(13(15)7-12)17-21(3,18)19/h4-7,16-17H,8H2,1-3H3. The fraction of sp³-hybridized carbons (Fsp3) is 0.286. The fourth-order valence-electron chi connectivity index (χ4n) is 1.96. The Morgan fingerprint density at radius 2 is 1.95 bits per heavy atom. The van der Waals surface area contributed by atoms with Crippen LogP contribution < -0.4 is 10.0 Å². The number of nitrogens with one attached hydrogen (secondary N) is 2. The first-order valence-corrected chi connectivity index (χ1v) is 9.40. The van der Waals surface area contributed by atoms with E-state index in [0.29, 0.717) is 17.3 Å². The van der Waals surface area contributed by atoms with Crippen molar-refractivity contribution in [3.05, 3.63) is 44.6 Å². The van der Waals surface area contributed by atoms with Crippen molar-refractivity contribution in [1.82, 2.24) is 0 Å². The Hall–Kier alpha value is -1.24. The SMILES string of the molecule is Cc1cc(CNc2ccc(NS(C)(=O)=O)c(Cl)c2)c(C)s1. The Kier molecular flexibility index (Phi) is 4.81. The smallest absolute Gasteiger partial charge is 0.229 e. The molecule has 0 bridgehead atoms. The minimum Gasteiger partial charge on any atom is -0.381 e. The number of benzene rings is 1. The van der Waals surface area contributed by atoms with Crippen LogP contribution >= 0.6 is 22.9 Å². The van der Waals surface area contributed by atoms with Crippen LogP contribution in [0.2, 0.25) is 5.02 Å². The van der Waals surface area contributed by atoms with E-state index >= 15 is 0 Å². The van der Waals surface area contributed by atoms with Gasteiger partial charge in [-0.05, 0) is 43.7 Å². The third kappa shape index (κ3) is 4.62. The highest BCUT2D eigenvalue weighted by Gasteiger charge is 2.08. The van der Waals surface area contributed by atoms with Gasteiger partial charge in [0.1, 0.15) is 0 Å². The van der Waals surface area contributed by atoms with Crippen molar-refractivity contribution in [2.75, 3.05) is 16.3 Å². The van der Waals surface area contributed by atoms with Gasteiger partial charge < -0.3 is 5.32 Å². The third-order valence-electron chi connectivity index (χ3n) is 2.89. The second kappa shape index (κ2) is 6.25. The first-order chi connectivity index (χ1) is 9.74. The lowest BCUT2D eigenvalue weighted by atomic mass is 10.2. The molecule has 0 saturated heterocycles. The van der Waals surface area contributed by atoms with Gasteiger partial charge >= 0.3 is 0 Å². The van der Waals surface area contributed by atoms with Gasteiger partial charge in [0, 0.05) is 22.0 Å². The van der Waals surface area contributed by atoms with E-state index in [2.05, 4.69) is 30.0 Å². The zero-order valence-corrected chi connectivity index (χ0v) is 14.4. The van der Waals surface area contributed by atoms with Crippen molar-refractivity contribution in [3.63, 3.8) is 0 Å². The zero-order valence-electron chi connectivity index (χ0n) is 12.0. The highest BCUT2D eigenvalue weighted by Crippen LogP contribution is 2.27. The molecule has 21 heavy (non-hydrogen) atoms. The summed E-state index contributed by atoms with van der Waals surface area (Å²) in [5.74, 6) is 0. The molecule has 0 fully saturated rings. The molecule has 2 aromatic rings. The van der Waals surface area contributed by atoms with Crippen LogP contribution in [-0.2, 0) is 16.6 Å². The Morgan fingerprint density at radius 1 is 1.24 bits per heavy atom. The molecule has 0 atom stereocenters. The van der Waals surface area contributed by atoms with E-state index < -0.39 is 10.0 Å². The van der Waals surface area contributed by atoms with Gasteiger partial charge in [0.15, 0.2) is 0 Å². The van der Waals surface area contributed by atoms with Crippen LogP contribution in [0.3, 0.4) is 0 Å². The molecule has 1 aromatic carbocycles. The van der Waals surface area contributed by atoms with Crippen molar-refractivity contribution >= 4 is 44.3 Å². The first-order valence-electron chi connectivity index (χ1n) is 6.32. The van der Waals surface area contributed by atoms with E-state index in [1.807, 2.05) is 0 Å². The highest BCUT2D eigenvalue weighted by molar-refractivity contribution is 7.92. The van der Waals surface area contributed by atoms with Crippen LogP contribution in [0.25, 0.3) is 0 Å². The molecule has 2 N–H and O–H groups in total. The quantitative estimate of drug-likeness (QED) is 0.861. The monoisotopic (exact) mass is 344 g/mol. The van der Waals surface area contributed by atoms with Gasteiger partial charge in [-0.1, -0.05) is 11.6 Å². The Balaban J connectivity index is 2.08. The van der Waals surface area contributed by atoms with E-state index in [1.54, 1.807) is 29.5 Å². The number of halogens is 1. The summed E-state index contributed by atoms with van der Waals surface area (Å²) in [5, 5.41) is 3.66. The number of thiophene rings is 1. The van der Waals surface area contributed by atoms with E-state index in [9.17, 15) is 8.42 Å². The maximum Gasteiger partial charge on any atom is 0.229 e. The van der Waals surface area contributed by atoms with Crippen LogP contribution in [-0.4, -0.2) is 14.7 Å². The molecule has 7 heteroatoms. The van der Waals surface area contributed by atoms with Crippen LogP contribution in [0, 0.1) is 13.8 Å². The summed E-state index contributed by atoms with van der Waals surface area (Å²) in [6, 6.07) is 7.32. The summed E-state index contributed by atoms with van der Waals surface area (Å²) in [6.45, 7) is 4.90. The van der Waals surface area contributed by atoms with Crippen molar-refractivity contribution in [1.29, 1.82) is 0 Å². The highest BCUT2D eigenvalue weighted by atomic mass is 35.5. The molecule has 0 amide bonds.